The molecule has 1 heterocycles. The molecule has 0 saturated carbocycles. The Kier molecular flexibility index (Phi) is 5.94. The molecule has 1 amide bonds. The summed E-state index contributed by atoms with van der Waals surface area (Å²) in [6, 6.07) is 16.6. The van der Waals surface area contributed by atoms with Crippen molar-refractivity contribution in [1.29, 1.82) is 0 Å². The molecule has 2 aromatic carbocycles. The average molecular weight is 382 g/mol. The van der Waals surface area contributed by atoms with Gasteiger partial charge in [-0.25, -0.2) is 4.98 Å². The molecule has 27 heavy (non-hydrogen) atoms. The lowest BCUT2D eigenvalue weighted by atomic mass is 10.1. The predicted octanol–water partition coefficient (Wildman–Crippen LogP) is 4.92. The second-order valence-corrected chi connectivity index (χ2v) is 6.41. The zero-order valence-corrected chi connectivity index (χ0v) is 15.9. The summed E-state index contributed by atoms with van der Waals surface area (Å²) >= 11 is 6.11. The van der Waals surface area contributed by atoms with Crippen LogP contribution in [0.1, 0.15) is 21.5 Å². The van der Waals surface area contributed by atoms with Crippen LogP contribution in [0.5, 0.6) is 5.75 Å². The SMILES string of the molecule is COc1ccc(CNc2cc(C(=O)Nc3cccc(Cl)c3C)ccn2)cc1. The van der Waals surface area contributed by atoms with Crippen molar-refractivity contribution in [2.75, 3.05) is 17.7 Å². The molecule has 0 atom stereocenters. The first-order valence-corrected chi connectivity index (χ1v) is 8.84. The van der Waals surface area contributed by atoms with E-state index < -0.39 is 0 Å². The number of ether oxygens (including phenoxy) is 1. The molecular formula is C21H20ClN3O2. The van der Waals surface area contributed by atoms with Gasteiger partial charge in [-0.15, -0.1) is 0 Å². The van der Waals surface area contributed by atoms with Crippen LogP contribution in [0.3, 0.4) is 0 Å². The fourth-order valence-electron chi connectivity index (χ4n) is 2.54. The van der Waals surface area contributed by atoms with E-state index in [0.717, 1.165) is 16.9 Å². The number of carbonyl (C=O) groups is 1. The summed E-state index contributed by atoms with van der Waals surface area (Å²) in [5.41, 5.74) is 3.13. The molecular weight excluding hydrogens is 362 g/mol. The summed E-state index contributed by atoms with van der Waals surface area (Å²) in [6.45, 7) is 2.46. The molecule has 0 bridgehead atoms. The number of amides is 1. The number of methoxy groups -OCH3 is 1. The Balaban J connectivity index is 1.67. The van der Waals surface area contributed by atoms with Gasteiger partial charge in [0.15, 0.2) is 0 Å². The Morgan fingerprint density at radius 1 is 1.15 bits per heavy atom. The number of hydrogen-bond donors (Lipinski definition) is 2. The fraction of sp³-hybridized carbons (Fsp3) is 0.143. The minimum absolute atomic E-state index is 0.213. The monoisotopic (exact) mass is 381 g/mol. The van der Waals surface area contributed by atoms with E-state index in [1.165, 1.54) is 0 Å². The third kappa shape index (κ3) is 4.77. The third-order valence-corrected chi connectivity index (χ3v) is 4.58. The summed E-state index contributed by atoms with van der Waals surface area (Å²) in [7, 11) is 1.64. The van der Waals surface area contributed by atoms with Crippen LogP contribution in [0.4, 0.5) is 11.5 Å². The molecule has 0 radical (unpaired) electrons. The number of halogens is 1. The van der Waals surface area contributed by atoms with Crippen molar-refractivity contribution < 1.29 is 9.53 Å². The van der Waals surface area contributed by atoms with Gasteiger partial charge in [-0.2, -0.15) is 0 Å². The summed E-state index contributed by atoms with van der Waals surface area (Å²) in [5, 5.41) is 6.73. The number of aromatic nitrogens is 1. The van der Waals surface area contributed by atoms with Crippen molar-refractivity contribution in [2.45, 2.75) is 13.5 Å². The fourth-order valence-corrected chi connectivity index (χ4v) is 2.72. The molecule has 5 nitrogen and oxygen atoms in total. The number of pyridine rings is 1. The molecule has 2 N–H and O–H groups in total. The van der Waals surface area contributed by atoms with Gasteiger partial charge < -0.3 is 15.4 Å². The second kappa shape index (κ2) is 8.56. The van der Waals surface area contributed by atoms with E-state index in [2.05, 4.69) is 15.6 Å². The molecule has 0 aliphatic rings. The predicted molar refractivity (Wildman–Crippen MR) is 109 cm³/mol. The number of benzene rings is 2. The van der Waals surface area contributed by atoms with Crippen LogP contribution < -0.4 is 15.4 Å². The Labute approximate surface area is 163 Å². The maximum Gasteiger partial charge on any atom is 0.255 e. The molecule has 0 unspecified atom stereocenters. The van der Waals surface area contributed by atoms with Gasteiger partial charge in [0.1, 0.15) is 11.6 Å². The number of carbonyl (C=O) groups excluding carboxylic acids is 1. The van der Waals surface area contributed by atoms with E-state index >= 15 is 0 Å². The van der Waals surface area contributed by atoms with Crippen molar-refractivity contribution in [1.82, 2.24) is 4.98 Å². The Morgan fingerprint density at radius 3 is 2.67 bits per heavy atom. The van der Waals surface area contributed by atoms with E-state index in [1.807, 2.05) is 37.3 Å². The molecule has 3 rings (SSSR count). The van der Waals surface area contributed by atoms with Crippen LogP contribution in [-0.2, 0) is 6.54 Å². The third-order valence-electron chi connectivity index (χ3n) is 4.17. The standard InChI is InChI=1S/C21H20ClN3O2/c1-14-18(22)4-3-5-19(14)25-21(26)16-10-11-23-20(12-16)24-13-15-6-8-17(27-2)9-7-15/h3-12H,13H2,1-2H3,(H,23,24)(H,25,26). The minimum Gasteiger partial charge on any atom is -0.497 e. The minimum atomic E-state index is -0.213. The van der Waals surface area contributed by atoms with Crippen molar-refractivity contribution in [3.63, 3.8) is 0 Å². The highest BCUT2D eigenvalue weighted by atomic mass is 35.5. The first kappa shape index (κ1) is 18.7. The van der Waals surface area contributed by atoms with Gasteiger partial charge in [0, 0.05) is 29.0 Å². The molecule has 0 saturated heterocycles. The Bertz CT molecular complexity index is 942. The Hall–Kier alpha value is -3.05. The van der Waals surface area contributed by atoms with Crippen molar-refractivity contribution in [3.05, 3.63) is 82.5 Å². The number of nitrogens with zero attached hydrogens (tertiary/aromatic N) is 1. The lowest BCUT2D eigenvalue weighted by molar-refractivity contribution is 0.102. The largest absolute Gasteiger partial charge is 0.497 e. The quantitative estimate of drug-likeness (QED) is 0.636. The maximum absolute atomic E-state index is 12.6. The van der Waals surface area contributed by atoms with E-state index in [4.69, 9.17) is 16.3 Å². The van der Waals surface area contributed by atoms with Gasteiger partial charge in [-0.1, -0.05) is 29.8 Å². The van der Waals surface area contributed by atoms with Crippen LogP contribution in [0.25, 0.3) is 0 Å². The van der Waals surface area contributed by atoms with Crippen molar-refractivity contribution in [3.8, 4) is 5.75 Å². The van der Waals surface area contributed by atoms with Crippen molar-refractivity contribution in [2.24, 2.45) is 0 Å². The summed E-state index contributed by atoms with van der Waals surface area (Å²) < 4.78 is 5.15. The zero-order valence-electron chi connectivity index (χ0n) is 15.1. The average Bonchev–Trinajstić information content (AvgIpc) is 2.70. The van der Waals surface area contributed by atoms with Gasteiger partial charge in [0.05, 0.1) is 7.11 Å². The molecule has 0 fully saturated rings. The summed E-state index contributed by atoms with van der Waals surface area (Å²) in [4.78, 5) is 16.8. The van der Waals surface area contributed by atoms with E-state index in [-0.39, 0.29) is 5.91 Å². The second-order valence-electron chi connectivity index (χ2n) is 6.00. The number of hydrogen-bond acceptors (Lipinski definition) is 4. The highest BCUT2D eigenvalue weighted by Crippen LogP contribution is 2.23. The summed E-state index contributed by atoms with van der Waals surface area (Å²) in [5.74, 6) is 1.23. The number of anilines is 2. The van der Waals surface area contributed by atoms with Gasteiger partial charge in [0.2, 0.25) is 0 Å². The smallest absolute Gasteiger partial charge is 0.255 e. The van der Waals surface area contributed by atoms with Crippen LogP contribution in [-0.4, -0.2) is 18.0 Å². The highest BCUT2D eigenvalue weighted by molar-refractivity contribution is 6.31. The number of rotatable bonds is 6. The lowest BCUT2D eigenvalue weighted by Gasteiger charge is -2.11. The van der Waals surface area contributed by atoms with Crippen molar-refractivity contribution >= 4 is 29.0 Å². The van der Waals surface area contributed by atoms with Gasteiger partial charge in [0.25, 0.3) is 5.91 Å². The van der Waals surface area contributed by atoms with Crippen LogP contribution >= 0.6 is 11.6 Å². The van der Waals surface area contributed by atoms with E-state index in [0.29, 0.717) is 28.6 Å². The normalized spacial score (nSPS) is 10.3. The van der Waals surface area contributed by atoms with Gasteiger partial charge in [-0.05, 0) is 54.4 Å². The molecule has 1 aromatic heterocycles. The first-order chi connectivity index (χ1) is 13.1. The molecule has 0 spiro atoms. The molecule has 6 heteroatoms. The zero-order chi connectivity index (χ0) is 19.2. The summed E-state index contributed by atoms with van der Waals surface area (Å²) in [6.07, 6.45) is 1.61. The van der Waals surface area contributed by atoms with Gasteiger partial charge >= 0.3 is 0 Å². The maximum atomic E-state index is 12.6. The van der Waals surface area contributed by atoms with Crippen LogP contribution in [0.2, 0.25) is 5.02 Å². The number of nitrogens with one attached hydrogen (secondary N) is 2. The topological polar surface area (TPSA) is 63.2 Å². The molecule has 138 valence electrons. The Morgan fingerprint density at radius 2 is 1.93 bits per heavy atom. The lowest BCUT2D eigenvalue weighted by Crippen LogP contribution is -2.13. The molecule has 0 aliphatic heterocycles. The molecule has 0 aliphatic carbocycles. The highest BCUT2D eigenvalue weighted by Gasteiger charge is 2.10. The van der Waals surface area contributed by atoms with E-state index in [1.54, 1.807) is 37.6 Å². The van der Waals surface area contributed by atoms with E-state index in [9.17, 15) is 4.79 Å². The van der Waals surface area contributed by atoms with Crippen LogP contribution in [0.15, 0.2) is 60.8 Å². The van der Waals surface area contributed by atoms with Gasteiger partial charge in [-0.3, -0.25) is 4.79 Å². The first-order valence-electron chi connectivity index (χ1n) is 8.46. The molecule has 3 aromatic rings. The van der Waals surface area contributed by atoms with Crippen LogP contribution in [0, 0.1) is 6.92 Å².